The zero-order valence-electron chi connectivity index (χ0n) is 11.4. The summed E-state index contributed by atoms with van der Waals surface area (Å²) in [4.78, 5) is 47.1. The second-order valence-corrected chi connectivity index (χ2v) is 4.98. The summed E-state index contributed by atoms with van der Waals surface area (Å²) >= 11 is 0. The molecule has 0 fully saturated rings. The molecule has 0 radical (unpaired) electrons. The van der Waals surface area contributed by atoms with Crippen LogP contribution in [0.4, 0.5) is 0 Å². The number of fused-ring (bicyclic) bond motifs is 1. The first kappa shape index (κ1) is 15.6. The molecule has 1 aromatic carbocycles. The lowest BCUT2D eigenvalue weighted by Crippen LogP contribution is -2.41. The van der Waals surface area contributed by atoms with Gasteiger partial charge >= 0.3 is 11.9 Å². The SMILES string of the molecule is N[C@@H](CC(CN1C(=O)c2ccccc2C1=O)C(=O)O)C(=O)O. The van der Waals surface area contributed by atoms with Crippen LogP contribution >= 0.6 is 0 Å². The molecule has 8 heteroatoms. The van der Waals surface area contributed by atoms with Crippen LogP contribution in [0.25, 0.3) is 0 Å². The minimum atomic E-state index is -1.38. The van der Waals surface area contributed by atoms with Gasteiger partial charge in [-0.15, -0.1) is 0 Å². The fraction of sp³-hybridized carbons (Fsp3) is 0.286. The number of hydrogen-bond donors (Lipinski definition) is 3. The third kappa shape index (κ3) is 2.82. The van der Waals surface area contributed by atoms with E-state index in [4.69, 9.17) is 15.9 Å². The molecule has 2 amide bonds. The van der Waals surface area contributed by atoms with Crippen molar-refractivity contribution in [3.8, 4) is 0 Å². The molecule has 2 rings (SSSR count). The van der Waals surface area contributed by atoms with E-state index in [1.54, 1.807) is 12.1 Å². The van der Waals surface area contributed by atoms with E-state index >= 15 is 0 Å². The highest BCUT2D eigenvalue weighted by Crippen LogP contribution is 2.24. The first-order chi connectivity index (χ1) is 10.3. The number of hydrogen-bond acceptors (Lipinski definition) is 5. The molecule has 1 aliphatic rings. The van der Waals surface area contributed by atoms with Crippen LogP contribution in [-0.4, -0.2) is 51.5 Å². The lowest BCUT2D eigenvalue weighted by molar-refractivity contribution is -0.143. The number of rotatable bonds is 6. The molecule has 0 saturated heterocycles. The van der Waals surface area contributed by atoms with Gasteiger partial charge in [-0.2, -0.15) is 0 Å². The maximum atomic E-state index is 12.1. The Labute approximate surface area is 125 Å². The third-order valence-corrected chi connectivity index (χ3v) is 3.49. The second-order valence-electron chi connectivity index (χ2n) is 4.98. The molecule has 0 spiro atoms. The molecule has 1 aliphatic heterocycles. The molecule has 0 aliphatic carbocycles. The number of aliphatic carboxylic acids is 2. The summed E-state index contributed by atoms with van der Waals surface area (Å²) in [7, 11) is 0. The van der Waals surface area contributed by atoms with Crippen molar-refractivity contribution in [1.82, 2.24) is 4.90 Å². The van der Waals surface area contributed by atoms with Crippen LogP contribution in [0.1, 0.15) is 27.1 Å². The van der Waals surface area contributed by atoms with Gasteiger partial charge in [-0.1, -0.05) is 12.1 Å². The normalized spacial score (nSPS) is 16.3. The molecule has 0 aromatic heterocycles. The number of carbonyl (C=O) groups is 4. The van der Waals surface area contributed by atoms with Gasteiger partial charge in [-0.3, -0.25) is 24.1 Å². The van der Waals surface area contributed by atoms with Crippen molar-refractivity contribution in [1.29, 1.82) is 0 Å². The van der Waals surface area contributed by atoms with Gasteiger partial charge in [0, 0.05) is 6.54 Å². The van der Waals surface area contributed by atoms with Crippen molar-refractivity contribution in [2.45, 2.75) is 12.5 Å². The zero-order valence-corrected chi connectivity index (χ0v) is 11.4. The third-order valence-electron chi connectivity index (χ3n) is 3.49. The number of carbonyl (C=O) groups excluding carboxylic acids is 2. The van der Waals surface area contributed by atoms with Gasteiger partial charge < -0.3 is 15.9 Å². The van der Waals surface area contributed by atoms with Crippen LogP contribution in [0.5, 0.6) is 0 Å². The van der Waals surface area contributed by atoms with Gasteiger partial charge in [0.1, 0.15) is 6.04 Å². The van der Waals surface area contributed by atoms with E-state index < -0.39 is 42.3 Å². The molecule has 0 bridgehead atoms. The van der Waals surface area contributed by atoms with Crippen molar-refractivity contribution in [3.63, 3.8) is 0 Å². The lowest BCUT2D eigenvalue weighted by atomic mass is 10.00. The van der Waals surface area contributed by atoms with Gasteiger partial charge in [0.25, 0.3) is 11.8 Å². The van der Waals surface area contributed by atoms with Crippen LogP contribution < -0.4 is 5.73 Å². The standard InChI is InChI=1S/C14H14N2O6/c15-10(14(21)22)5-7(13(19)20)6-16-11(17)8-3-1-2-4-9(8)12(16)18/h1-4,7,10H,5-6,15H2,(H,19,20)(H,21,22)/t7?,10-/m0/s1. The molecule has 2 atom stereocenters. The summed E-state index contributed by atoms with van der Waals surface area (Å²) in [5, 5.41) is 17.9. The Kier molecular flexibility index (Phi) is 4.22. The molecule has 8 nitrogen and oxygen atoms in total. The fourth-order valence-corrected chi connectivity index (χ4v) is 2.29. The number of nitrogens with two attached hydrogens (primary N) is 1. The minimum absolute atomic E-state index is 0.208. The largest absolute Gasteiger partial charge is 0.481 e. The summed E-state index contributed by atoms with van der Waals surface area (Å²) < 4.78 is 0. The van der Waals surface area contributed by atoms with Gasteiger partial charge in [-0.25, -0.2) is 0 Å². The Bertz CT molecular complexity index is 621. The van der Waals surface area contributed by atoms with Crippen LogP contribution in [0, 0.1) is 5.92 Å². The van der Waals surface area contributed by atoms with E-state index in [0.717, 1.165) is 4.90 Å². The summed E-state index contributed by atoms with van der Waals surface area (Å²) in [6, 6.07) is 4.78. The number of amides is 2. The average molecular weight is 306 g/mol. The number of carboxylic acid groups (broad SMARTS) is 2. The van der Waals surface area contributed by atoms with Crippen molar-refractivity contribution >= 4 is 23.8 Å². The second kappa shape index (κ2) is 5.94. The maximum absolute atomic E-state index is 12.1. The summed E-state index contributed by atoms with van der Waals surface area (Å²) in [6.45, 7) is -0.414. The highest BCUT2D eigenvalue weighted by molar-refractivity contribution is 6.21. The molecule has 4 N–H and O–H groups in total. The summed E-state index contributed by atoms with van der Waals surface area (Å²) in [6.07, 6.45) is -0.377. The van der Waals surface area contributed by atoms with Gasteiger partial charge in [0.2, 0.25) is 0 Å². The van der Waals surface area contributed by atoms with Crippen LogP contribution in [-0.2, 0) is 9.59 Å². The van der Waals surface area contributed by atoms with Crippen LogP contribution in [0.2, 0.25) is 0 Å². The Hall–Kier alpha value is -2.74. The van der Waals surface area contributed by atoms with E-state index in [1.165, 1.54) is 12.1 Å². The highest BCUT2D eigenvalue weighted by Gasteiger charge is 2.38. The van der Waals surface area contributed by atoms with Crippen LogP contribution in [0.3, 0.4) is 0 Å². The smallest absolute Gasteiger partial charge is 0.320 e. The molecule has 0 saturated carbocycles. The van der Waals surface area contributed by atoms with E-state index in [-0.39, 0.29) is 17.5 Å². The van der Waals surface area contributed by atoms with Gasteiger partial charge in [0.05, 0.1) is 17.0 Å². The van der Waals surface area contributed by atoms with Crippen LogP contribution in [0.15, 0.2) is 24.3 Å². The van der Waals surface area contributed by atoms with Crippen molar-refractivity contribution in [3.05, 3.63) is 35.4 Å². The first-order valence-electron chi connectivity index (χ1n) is 6.49. The quantitative estimate of drug-likeness (QED) is 0.618. The van der Waals surface area contributed by atoms with E-state index in [2.05, 4.69) is 0 Å². The topological polar surface area (TPSA) is 138 Å². The average Bonchev–Trinajstić information content (AvgIpc) is 2.71. The van der Waals surface area contributed by atoms with Crippen molar-refractivity contribution < 1.29 is 29.4 Å². The first-order valence-corrected chi connectivity index (χ1v) is 6.49. The predicted octanol–water partition coefficient (Wildman–Crippen LogP) is -0.215. The molecular formula is C14H14N2O6. The van der Waals surface area contributed by atoms with Gasteiger partial charge in [-0.05, 0) is 18.6 Å². The lowest BCUT2D eigenvalue weighted by Gasteiger charge is -2.20. The molecule has 116 valence electrons. The van der Waals surface area contributed by atoms with Crippen molar-refractivity contribution in [2.75, 3.05) is 6.54 Å². The summed E-state index contributed by atoms with van der Waals surface area (Å²) in [5.41, 5.74) is 5.75. The van der Waals surface area contributed by atoms with E-state index in [9.17, 15) is 19.2 Å². The maximum Gasteiger partial charge on any atom is 0.320 e. The van der Waals surface area contributed by atoms with Crippen molar-refractivity contribution in [2.24, 2.45) is 11.7 Å². The predicted molar refractivity (Wildman–Crippen MR) is 73.2 cm³/mol. The van der Waals surface area contributed by atoms with E-state index in [1.807, 2.05) is 0 Å². The Morgan fingerprint density at radius 2 is 1.55 bits per heavy atom. The molecule has 1 aromatic rings. The number of imide groups is 1. The Morgan fingerprint density at radius 3 is 1.95 bits per heavy atom. The fourth-order valence-electron chi connectivity index (χ4n) is 2.29. The molecule has 1 unspecified atom stereocenters. The Balaban J connectivity index is 2.18. The molecule has 22 heavy (non-hydrogen) atoms. The Morgan fingerprint density at radius 1 is 1.05 bits per heavy atom. The monoisotopic (exact) mass is 306 g/mol. The highest BCUT2D eigenvalue weighted by atomic mass is 16.4. The van der Waals surface area contributed by atoms with Gasteiger partial charge in [0.15, 0.2) is 0 Å². The zero-order chi connectivity index (χ0) is 16.4. The number of carboxylic acids is 2. The minimum Gasteiger partial charge on any atom is -0.481 e. The number of benzene rings is 1. The molecule has 1 heterocycles. The van der Waals surface area contributed by atoms with E-state index in [0.29, 0.717) is 0 Å². The molecular weight excluding hydrogens is 292 g/mol. The number of nitrogens with zero attached hydrogens (tertiary/aromatic N) is 1. The summed E-state index contributed by atoms with van der Waals surface area (Å²) in [5.74, 6) is -5.07.